The molecular weight excluding hydrogens is 298 g/mol. The second kappa shape index (κ2) is 5.99. The minimum absolute atomic E-state index is 0.0355. The molecular formula is C15H17N5O3. The van der Waals surface area contributed by atoms with E-state index in [1.165, 1.54) is 10.9 Å². The Labute approximate surface area is 132 Å². The van der Waals surface area contributed by atoms with Crippen LogP contribution < -0.4 is 11.1 Å². The van der Waals surface area contributed by atoms with Gasteiger partial charge < -0.3 is 21.1 Å². The van der Waals surface area contributed by atoms with Crippen molar-refractivity contribution in [1.29, 1.82) is 0 Å². The number of primary amides is 1. The summed E-state index contributed by atoms with van der Waals surface area (Å²) >= 11 is 0. The third-order valence-corrected chi connectivity index (χ3v) is 3.69. The van der Waals surface area contributed by atoms with Crippen LogP contribution >= 0.6 is 0 Å². The zero-order valence-electron chi connectivity index (χ0n) is 12.4. The van der Waals surface area contributed by atoms with E-state index in [4.69, 9.17) is 5.73 Å². The lowest BCUT2D eigenvalue weighted by molar-refractivity contribution is -0.118. The molecule has 3 amide bonds. The van der Waals surface area contributed by atoms with Gasteiger partial charge in [-0.2, -0.15) is 5.10 Å². The lowest BCUT2D eigenvalue weighted by Crippen LogP contribution is -2.38. The molecule has 0 fully saturated rings. The van der Waals surface area contributed by atoms with Gasteiger partial charge in [0.05, 0.1) is 11.9 Å². The van der Waals surface area contributed by atoms with Crippen molar-refractivity contribution in [2.24, 2.45) is 5.73 Å². The number of aromatic hydroxyl groups is 1. The first-order valence-corrected chi connectivity index (χ1v) is 7.19. The first-order valence-electron chi connectivity index (χ1n) is 7.19. The second-order valence-corrected chi connectivity index (χ2v) is 5.45. The molecule has 0 aliphatic carbocycles. The zero-order valence-corrected chi connectivity index (χ0v) is 12.4. The highest BCUT2D eigenvalue weighted by atomic mass is 16.3. The fourth-order valence-electron chi connectivity index (χ4n) is 2.59. The molecule has 0 unspecified atom stereocenters. The number of phenols is 1. The SMILES string of the molecule is NC(=O)Cn1cc(NC(=O)N2CCc3ccc(O)cc3C2)cn1. The topological polar surface area (TPSA) is 113 Å². The van der Waals surface area contributed by atoms with E-state index in [9.17, 15) is 14.7 Å². The largest absolute Gasteiger partial charge is 0.508 e. The smallest absolute Gasteiger partial charge is 0.322 e. The van der Waals surface area contributed by atoms with Crippen LogP contribution in [0.5, 0.6) is 5.75 Å². The summed E-state index contributed by atoms with van der Waals surface area (Å²) in [5.41, 5.74) is 7.67. The summed E-state index contributed by atoms with van der Waals surface area (Å²) in [6.07, 6.45) is 3.75. The van der Waals surface area contributed by atoms with Crippen molar-refractivity contribution in [2.45, 2.75) is 19.5 Å². The van der Waals surface area contributed by atoms with Crippen LogP contribution in [-0.2, 0) is 24.3 Å². The molecule has 0 bridgehead atoms. The average molecular weight is 315 g/mol. The molecule has 1 aromatic heterocycles. The van der Waals surface area contributed by atoms with Crippen LogP contribution in [0.2, 0.25) is 0 Å². The molecule has 0 radical (unpaired) electrons. The number of rotatable bonds is 3. The number of benzene rings is 1. The van der Waals surface area contributed by atoms with E-state index < -0.39 is 5.91 Å². The standard InChI is InChI=1S/C15H17N5O3/c16-14(22)9-20-8-12(6-17-20)18-15(23)19-4-3-10-1-2-13(21)5-11(10)7-19/h1-2,5-6,8,21H,3-4,7,9H2,(H2,16,22)(H,18,23). The minimum Gasteiger partial charge on any atom is -0.508 e. The molecule has 0 atom stereocenters. The highest BCUT2D eigenvalue weighted by molar-refractivity contribution is 5.89. The number of carbonyl (C=O) groups excluding carboxylic acids is 2. The molecule has 2 heterocycles. The lowest BCUT2D eigenvalue weighted by atomic mass is 10.00. The van der Waals surface area contributed by atoms with Gasteiger partial charge in [-0.25, -0.2) is 4.79 Å². The first-order chi connectivity index (χ1) is 11.0. The predicted octanol–water partition coefficient (Wildman–Crippen LogP) is 0.664. The molecule has 1 aliphatic heterocycles. The summed E-state index contributed by atoms with van der Waals surface area (Å²) < 4.78 is 1.36. The van der Waals surface area contributed by atoms with Gasteiger partial charge in [-0.15, -0.1) is 0 Å². The Hall–Kier alpha value is -3.03. The molecule has 1 aliphatic rings. The fourth-order valence-corrected chi connectivity index (χ4v) is 2.59. The summed E-state index contributed by atoms with van der Waals surface area (Å²) in [4.78, 5) is 24.8. The fraction of sp³-hybridized carbons (Fsp3) is 0.267. The van der Waals surface area contributed by atoms with Gasteiger partial charge in [0.1, 0.15) is 12.3 Å². The molecule has 23 heavy (non-hydrogen) atoms. The van der Waals surface area contributed by atoms with E-state index in [1.54, 1.807) is 23.2 Å². The number of phenolic OH excluding ortho intramolecular Hbond substituents is 1. The Morgan fingerprint density at radius 2 is 2.17 bits per heavy atom. The number of amides is 3. The van der Waals surface area contributed by atoms with Crippen LogP contribution in [-0.4, -0.2) is 38.3 Å². The third-order valence-electron chi connectivity index (χ3n) is 3.69. The maximum atomic E-state index is 12.3. The Kier molecular flexibility index (Phi) is 3.88. The van der Waals surface area contributed by atoms with E-state index in [0.717, 1.165) is 17.5 Å². The van der Waals surface area contributed by atoms with Crippen molar-refractivity contribution in [3.05, 3.63) is 41.7 Å². The Bertz CT molecular complexity index is 755. The van der Waals surface area contributed by atoms with Gasteiger partial charge in [0.15, 0.2) is 0 Å². The van der Waals surface area contributed by atoms with Gasteiger partial charge >= 0.3 is 6.03 Å². The summed E-state index contributed by atoms with van der Waals surface area (Å²) in [5, 5.41) is 16.2. The molecule has 8 nitrogen and oxygen atoms in total. The number of nitrogens with two attached hydrogens (primary N) is 1. The third kappa shape index (κ3) is 3.42. The molecule has 0 saturated heterocycles. The van der Waals surface area contributed by atoms with Crippen LogP contribution in [0.25, 0.3) is 0 Å². The van der Waals surface area contributed by atoms with Crippen molar-refractivity contribution in [2.75, 3.05) is 11.9 Å². The quantitative estimate of drug-likeness (QED) is 0.772. The monoisotopic (exact) mass is 315 g/mol. The number of hydrogen-bond acceptors (Lipinski definition) is 4. The van der Waals surface area contributed by atoms with Crippen LogP contribution in [0.1, 0.15) is 11.1 Å². The summed E-state index contributed by atoms with van der Waals surface area (Å²) in [5.74, 6) is -0.308. The van der Waals surface area contributed by atoms with Crippen LogP contribution in [0.3, 0.4) is 0 Å². The first kappa shape index (κ1) is 14.9. The van der Waals surface area contributed by atoms with E-state index in [-0.39, 0.29) is 18.3 Å². The summed E-state index contributed by atoms with van der Waals surface area (Å²) in [6, 6.07) is 4.97. The van der Waals surface area contributed by atoms with Crippen molar-refractivity contribution < 1.29 is 14.7 Å². The number of nitrogens with one attached hydrogen (secondary N) is 1. The van der Waals surface area contributed by atoms with Gasteiger partial charge in [-0.3, -0.25) is 9.48 Å². The Balaban J connectivity index is 1.65. The van der Waals surface area contributed by atoms with Crippen LogP contribution in [0.15, 0.2) is 30.6 Å². The second-order valence-electron chi connectivity index (χ2n) is 5.45. The average Bonchev–Trinajstić information content (AvgIpc) is 2.92. The van der Waals surface area contributed by atoms with Crippen LogP contribution in [0.4, 0.5) is 10.5 Å². The molecule has 0 spiro atoms. The number of aromatic nitrogens is 2. The van der Waals surface area contributed by atoms with Gasteiger partial charge in [0.25, 0.3) is 0 Å². The van der Waals surface area contributed by atoms with Gasteiger partial charge in [-0.05, 0) is 29.7 Å². The molecule has 2 aromatic rings. The van der Waals surface area contributed by atoms with Gasteiger partial charge in [-0.1, -0.05) is 6.07 Å². The maximum absolute atomic E-state index is 12.3. The number of hydrogen-bond donors (Lipinski definition) is 3. The zero-order chi connectivity index (χ0) is 16.4. The number of carbonyl (C=O) groups is 2. The highest BCUT2D eigenvalue weighted by Crippen LogP contribution is 2.23. The highest BCUT2D eigenvalue weighted by Gasteiger charge is 2.21. The maximum Gasteiger partial charge on any atom is 0.322 e. The number of fused-ring (bicyclic) bond motifs is 1. The number of urea groups is 1. The number of anilines is 1. The van der Waals surface area contributed by atoms with Crippen molar-refractivity contribution in [3.63, 3.8) is 0 Å². The number of nitrogens with zero attached hydrogens (tertiary/aromatic N) is 3. The van der Waals surface area contributed by atoms with Crippen LogP contribution in [0, 0.1) is 0 Å². The molecule has 3 rings (SSSR count). The molecule has 120 valence electrons. The van der Waals surface area contributed by atoms with E-state index >= 15 is 0 Å². The van der Waals surface area contributed by atoms with Crippen molar-refractivity contribution in [3.8, 4) is 5.75 Å². The van der Waals surface area contributed by atoms with Crippen molar-refractivity contribution >= 4 is 17.6 Å². The molecule has 4 N–H and O–H groups in total. The molecule has 0 saturated carbocycles. The van der Waals surface area contributed by atoms with E-state index in [0.29, 0.717) is 18.8 Å². The molecule has 1 aromatic carbocycles. The van der Waals surface area contributed by atoms with Gasteiger partial charge in [0, 0.05) is 19.3 Å². The minimum atomic E-state index is -0.501. The lowest BCUT2D eigenvalue weighted by Gasteiger charge is -2.28. The Morgan fingerprint density at radius 3 is 2.96 bits per heavy atom. The van der Waals surface area contributed by atoms with E-state index in [2.05, 4.69) is 10.4 Å². The van der Waals surface area contributed by atoms with Crippen molar-refractivity contribution in [1.82, 2.24) is 14.7 Å². The normalized spacial score (nSPS) is 13.5. The summed E-state index contributed by atoms with van der Waals surface area (Å²) in [7, 11) is 0. The van der Waals surface area contributed by atoms with Gasteiger partial charge in [0.2, 0.25) is 5.91 Å². The Morgan fingerprint density at radius 1 is 1.35 bits per heavy atom. The molecule has 8 heteroatoms. The predicted molar refractivity (Wildman–Crippen MR) is 82.7 cm³/mol. The summed E-state index contributed by atoms with van der Waals surface area (Å²) in [6.45, 7) is 0.996. The van der Waals surface area contributed by atoms with E-state index in [1.807, 2.05) is 6.07 Å².